The summed E-state index contributed by atoms with van der Waals surface area (Å²) in [6.07, 6.45) is 3.14. The van der Waals surface area contributed by atoms with Crippen LogP contribution in [0.3, 0.4) is 0 Å². The van der Waals surface area contributed by atoms with Crippen molar-refractivity contribution in [1.29, 1.82) is 0 Å². The normalized spacial score (nSPS) is 17.4. The Bertz CT molecular complexity index is 720. The summed E-state index contributed by atoms with van der Waals surface area (Å²) in [5, 5.41) is 0. The van der Waals surface area contributed by atoms with Crippen LogP contribution in [0.4, 0.5) is 9.59 Å². The number of hydrogen-bond donors (Lipinski definition) is 0. The number of urea groups is 2. The van der Waals surface area contributed by atoms with Crippen molar-refractivity contribution in [2.45, 2.75) is 67.2 Å². The highest BCUT2D eigenvalue weighted by Gasteiger charge is 2.36. The number of carbonyl (C=O) groups excluding carboxylic acids is 4. The first kappa shape index (κ1) is 30.0. The van der Waals surface area contributed by atoms with Crippen molar-refractivity contribution in [3.63, 3.8) is 0 Å². The van der Waals surface area contributed by atoms with E-state index in [1.54, 1.807) is 9.80 Å². The molecule has 206 valence electrons. The van der Waals surface area contributed by atoms with Crippen molar-refractivity contribution < 1.29 is 28.7 Å². The summed E-state index contributed by atoms with van der Waals surface area (Å²) >= 11 is 0. The standard InChI is InChI=1S/C26H46N4O6/c1-7-27-19-21(31)29(23(27)33)13-9-25(3,4)11-15-35-17-18-36-16-12-26(5,6)10-14-30-22(32)20-28(8-2)24(30)34/h7-20H2,1-6H3. The van der Waals surface area contributed by atoms with Crippen LogP contribution in [-0.4, -0.2) is 109 Å². The largest absolute Gasteiger partial charge is 0.379 e. The van der Waals surface area contributed by atoms with Crippen molar-refractivity contribution >= 4 is 23.9 Å². The predicted molar refractivity (Wildman–Crippen MR) is 136 cm³/mol. The highest BCUT2D eigenvalue weighted by molar-refractivity contribution is 6.02. The van der Waals surface area contributed by atoms with Gasteiger partial charge < -0.3 is 19.3 Å². The molecule has 2 rings (SSSR count). The fourth-order valence-electron chi connectivity index (χ4n) is 4.22. The third kappa shape index (κ3) is 8.73. The Balaban J connectivity index is 1.54. The van der Waals surface area contributed by atoms with E-state index < -0.39 is 0 Å². The molecule has 0 radical (unpaired) electrons. The van der Waals surface area contributed by atoms with Crippen molar-refractivity contribution in [2.75, 3.05) is 65.7 Å². The van der Waals surface area contributed by atoms with Gasteiger partial charge >= 0.3 is 12.1 Å². The summed E-state index contributed by atoms with van der Waals surface area (Å²) < 4.78 is 11.5. The number of rotatable bonds is 17. The first-order chi connectivity index (χ1) is 16.9. The van der Waals surface area contributed by atoms with Gasteiger partial charge in [-0.15, -0.1) is 0 Å². The number of imide groups is 2. The van der Waals surface area contributed by atoms with Gasteiger partial charge in [0.05, 0.1) is 13.2 Å². The van der Waals surface area contributed by atoms with E-state index in [9.17, 15) is 19.2 Å². The van der Waals surface area contributed by atoms with E-state index in [1.807, 2.05) is 13.8 Å². The van der Waals surface area contributed by atoms with Crippen molar-refractivity contribution in [3.05, 3.63) is 0 Å². The first-order valence-corrected chi connectivity index (χ1v) is 13.2. The molecule has 0 unspecified atom stereocenters. The molecule has 2 aliphatic rings. The van der Waals surface area contributed by atoms with Gasteiger partial charge in [-0.05, 0) is 50.4 Å². The zero-order chi connectivity index (χ0) is 26.9. The van der Waals surface area contributed by atoms with Gasteiger partial charge in [0.2, 0.25) is 11.8 Å². The third-order valence-electron chi connectivity index (χ3n) is 7.26. The van der Waals surface area contributed by atoms with Crippen LogP contribution in [0.1, 0.15) is 67.2 Å². The number of nitrogens with zero attached hydrogens (tertiary/aromatic N) is 4. The maximum Gasteiger partial charge on any atom is 0.327 e. The second kappa shape index (κ2) is 13.4. The van der Waals surface area contributed by atoms with Crippen molar-refractivity contribution in [3.8, 4) is 0 Å². The molecule has 10 nitrogen and oxygen atoms in total. The Morgan fingerprint density at radius 1 is 0.611 bits per heavy atom. The lowest BCUT2D eigenvalue weighted by Crippen LogP contribution is -2.35. The molecule has 36 heavy (non-hydrogen) atoms. The molecule has 2 saturated heterocycles. The quantitative estimate of drug-likeness (QED) is 0.220. The fourth-order valence-corrected chi connectivity index (χ4v) is 4.22. The van der Waals surface area contributed by atoms with E-state index in [2.05, 4.69) is 27.7 Å². The topological polar surface area (TPSA) is 99.7 Å². The lowest BCUT2D eigenvalue weighted by Gasteiger charge is -2.27. The van der Waals surface area contributed by atoms with E-state index in [-0.39, 0.29) is 47.8 Å². The molecular weight excluding hydrogens is 464 g/mol. The van der Waals surface area contributed by atoms with Gasteiger partial charge in [0.15, 0.2) is 0 Å². The Kier molecular flexibility index (Phi) is 11.2. The maximum atomic E-state index is 12.2. The number of amides is 6. The van der Waals surface area contributed by atoms with Crippen molar-refractivity contribution in [2.24, 2.45) is 10.8 Å². The minimum absolute atomic E-state index is 0.0443. The van der Waals surface area contributed by atoms with Crippen molar-refractivity contribution in [1.82, 2.24) is 19.6 Å². The summed E-state index contributed by atoms with van der Waals surface area (Å²) in [6, 6.07) is -0.368. The zero-order valence-electron chi connectivity index (χ0n) is 23.1. The van der Waals surface area contributed by atoms with Gasteiger partial charge in [-0.3, -0.25) is 19.4 Å². The second-order valence-corrected chi connectivity index (χ2v) is 11.2. The summed E-state index contributed by atoms with van der Waals surface area (Å²) in [6.45, 7) is 16.8. The van der Waals surface area contributed by atoms with Gasteiger partial charge in [-0.1, -0.05) is 27.7 Å². The van der Waals surface area contributed by atoms with E-state index in [4.69, 9.17) is 9.47 Å². The second-order valence-electron chi connectivity index (χ2n) is 11.2. The molecule has 0 N–H and O–H groups in total. The molecule has 6 amide bonds. The van der Waals surface area contributed by atoms with Gasteiger partial charge in [0, 0.05) is 39.4 Å². The predicted octanol–water partition coefficient (Wildman–Crippen LogP) is 3.20. The van der Waals surface area contributed by atoms with Crippen LogP contribution >= 0.6 is 0 Å². The van der Waals surface area contributed by atoms with E-state index in [0.29, 0.717) is 52.6 Å². The molecule has 0 aromatic rings. The summed E-state index contributed by atoms with van der Waals surface area (Å²) in [7, 11) is 0. The summed E-state index contributed by atoms with van der Waals surface area (Å²) in [5.74, 6) is -0.231. The van der Waals surface area contributed by atoms with Crippen LogP contribution < -0.4 is 0 Å². The van der Waals surface area contributed by atoms with E-state index in [1.165, 1.54) is 9.80 Å². The lowest BCUT2D eigenvalue weighted by atomic mass is 9.86. The molecule has 0 aromatic carbocycles. The zero-order valence-corrected chi connectivity index (χ0v) is 23.1. The molecule has 0 aliphatic carbocycles. The van der Waals surface area contributed by atoms with Gasteiger partial charge in [-0.25, -0.2) is 9.59 Å². The Morgan fingerprint density at radius 2 is 0.972 bits per heavy atom. The van der Waals surface area contributed by atoms with Crippen LogP contribution in [0.15, 0.2) is 0 Å². The SMILES string of the molecule is CCN1CC(=O)N(CCC(C)(C)CCOCCOCCC(C)(C)CCN2C(=O)CN(CC)C2=O)C1=O. The van der Waals surface area contributed by atoms with Crippen LogP contribution in [-0.2, 0) is 19.1 Å². The number of ether oxygens (including phenoxy) is 2. The Hall–Kier alpha value is -2.20. The highest BCUT2D eigenvalue weighted by Crippen LogP contribution is 2.27. The lowest BCUT2D eigenvalue weighted by molar-refractivity contribution is -0.126. The monoisotopic (exact) mass is 510 g/mol. The van der Waals surface area contributed by atoms with Crippen LogP contribution in [0.25, 0.3) is 0 Å². The summed E-state index contributed by atoms with van der Waals surface area (Å²) in [5.41, 5.74) is -0.0886. The van der Waals surface area contributed by atoms with E-state index in [0.717, 1.165) is 25.7 Å². The summed E-state index contributed by atoms with van der Waals surface area (Å²) in [4.78, 5) is 54.4. The highest BCUT2D eigenvalue weighted by atomic mass is 16.5. The molecule has 0 spiro atoms. The average Bonchev–Trinajstić information content (AvgIpc) is 3.25. The van der Waals surface area contributed by atoms with Crippen LogP contribution in [0.2, 0.25) is 0 Å². The third-order valence-corrected chi connectivity index (χ3v) is 7.26. The number of carbonyl (C=O) groups is 4. The molecule has 2 fully saturated rings. The Labute approximate surface area is 216 Å². The molecule has 2 heterocycles. The molecule has 0 atom stereocenters. The first-order valence-electron chi connectivity index (χ1n) is 13.2. The maximum absolute atomic E-state index is 12.2. The molecule has 0 bridgehead atoms. The van der Waals surface area contributed by atoms with Gasteiger partial charge in [-0.2, -0.15) is 0 Å². The smallest absolute Gasteiger partial charge is 0.327 e. The Morgan fingerprint density at radius 3 is 1.28 bits per heavy atom. The van der Waals surface area contributed by atoms with Crippen LogP contribution in [0, 0.1) is 10.8 Å². The fraction of sp³-hybridized carbons (Fsp3) is 0.846. The number of likely N-dealkylation sites (N-methyl/N-ethyl adjacent to an activating group) is 2. The molecule has 10 heteroatoms. The van der Waals surface area contributed by atoms with E-state index >= 15 is 0 Å². The van der Waals surface area contributed by atoms with Gasteiger partial charge in [0.25, 0.3) is 0 Å². The van der Waals surface area contributed by atoms with Gasteiger partial charge in [0.1, 0.15) is 13.1 Å². The molecular formula is C26H46N4O6. The molecule has 2 aliphatic heterocycles. The minimum atomic E-state index is -0.184. The van der Waals surface area contributed by atoms with Crippen LogP contribution in [0.5, 0.6) is 0 Å². The minimum Gasteiger partial charge on any atom is -0.379 e. The number of hydrogen-bond acceptors (Lipinski definition) is 6. The molecule has 0 saturated carbocycles. The average molecular weight is 511 g/mol. The molecule has 0 aromatic heterocycles.